The van der Waals surface area contributed by atoms with Crippen LogP contribution in [0.25, 0.3) is 5.82 Å². The van der Waals surface area contributed by atoms with E-state index in [1.54, 1.807) is 48.0 Å². The standard InChI is InChI=1S/C23H22FN5O3S/c1-15-11-16(2)29(27-15)22-13-23(26-17(3)25-22)32-21-9-7-20(8-10-21)28-33(30,31)14-18-5-4-6-19(24)12-18/h4-13,28H,14H2,1-3H3. The summed E-state index contributed by atoms with van der Waals surface area (Å²) in [5.74, 6) is 1.11. The zero-order valence-electron chi connectivity index (χ0n) is 18.3. The van der Waals surface area contributed by atoms with Gasteiger partial charge in [0.1, 0.15) is 17.4 Å². The normalized spacial score (nSPS) is 11.4. The van der Waals surface area contributed by atoms with Crippen molar-refractivity contribution in [1.82, 2.24) is 19.7 Å². The minimum absolute atomic E-state index is 0.335. The molecule has 10 heteroatoms. The first-order valence-corrected chi connectivity index (χ1v) is 11.7. The van der Waals surface area contributed by atoms with E-state index in [4.69, 9.17) is 4.74 Å². The van der Waals surface area contributed by atoms with Gasteiger partial charge in [-0.25, -0.2) is 22.5 Å². The van der Waals surface area contributed by atoms with Crippen LogP contribution in [0.3, 0.4) is 0 Å². The molecule has 33 heavy (non-hydrogen) atoms. The van der Waals surface area contributed by atoms with Gasteiger partial charge >= 0.3 is 0 Å². The number of sulfonamides is 1. The molecule has 0 amide bonds. The zero-order valence-corrected chi connectivity index (χ0v) is 19.1. The molecule has 0 fully saturated rings. The summed E-state index contributed by atoms with van der Waals surface area (Å²) in [6.07, 6.45) is 0. The number of nitrogens with one attached hydrogen (secondary N) is 1. The molecule has 0 saturated carbocycles. The van der Waals surface area contributed by atoms with Crippen LogP contribution in [0.1, 0.15) is 22.8 Å². The van der Waals surface area contributed by atoms with E-state index in [2.05, 4.69) is 19.8 Å². The molecule has 2 heterocycles. The van der Waals surface area contributed by atoms with Crippen molar-refractivity contribution >= 4 is 15.7 Å². The summed E-state index contributed by atoms with van der Waals surface area (Å²) in [6.45, 7) is 5.60. The number of hydrogen-bond acceptors (Lipinski definition) is 6. The molecule has 0 spiro atoms. The molecule has 170 valence electrons. The Labute approximate surface area is 191 Å². The molecule has 0 bridgehead atoms. The van der Waals surface area contributed by atoms with Crippen LogP contribution < -0.4 is 9.46 Å². The number of ether oxygens (including phenoxy) is 1. The highest BCUT2D eigenvalue weighted by Gasteiger charge is 2.13. The summed E-state index contributed by atoms with van der Waals surface area (Å²) < 4.78 is 48.2. The predicted molar refractivity (Wildman–Crippen MR) is 123 cm³/mol. The van der Waals surface area contributed by atoms with Gasteiger partial charge in [0, 0.05) is 17.4 Å². The maximum absolute atomic E-state index is 13.3. The fourth-order valence-electron chi connectivity index (χ4n) is 3.32. The van der Waals surface area contributed by atoms with Gasteiger partial charge in [-0.1, -0.05) is 12.1 Å². The van der Waals surface area contributed by atoms with Crippen LogP contribution in [-0.4, -0.2) is 28.2 Å². The molecule has 0 unspecified atom stereocenters. The summed E-state index contributed by atoms with van der Waals surface area (Å²) in [5, 5.41) is 4.43. The van der Waals surface area contributed by atoms with Crippen molar-refractivity contribution in [2.45, 2.75) is 26.5 Å². The molecule has 0 aliphatic rings. The molecule has 1 N–H and O–H groups in total. The van der Waals surface area contributed by atoms with E-state index in [0.29, 0.717) is 34.5 Å². The lowest BCUT2D eigenvalue weighted by Crippen LogP contribution is -2.15. The Morgan fingerprint density at radius 3 is 2.42 bits per heavy atom. The Morgan fingerprint density at radius 2 is 1.76 bits per heavy atom. The van der Waals surface area contributed by atoms with Crippen molar-refractivity contribution in [2.75, 3.05) is 4.72 Å². The van der Waals surface area contributed by atoms with Gasteiger partial charge in [0.15, 0.2) is 5.82 Å². The number of benzene rings is 2. The highest BCUT2D eigenvalue weighted by atomic mass is 32.2. The van der Waals surface area contributed by atoms with Crippen molar-refractivity contribution in [3.63, 3.8) is 0 Å². The van der Waals surface area contributed by atoms with E-state index < -0.39 is 15.8 Å². The van der Waals surface area contributed by atoms with Gasteiger partial charge in [-0.2, -0.15) is 10.1 Å². The van der Waals surface area contributed by atoms with Gasteiger partial charge < -0.3 is 4.74 Å². The van der Waals surface area contributed by atoms with Crippen LogP contribution in [0.5, 0.6) is 11.6 Å². The number of rotatable bonds is 7. The first-order chi connectivity index (χ1) is 15.7. The minimum atomic E-state index is -3.71. The van der Waals surface area contributed by atoms with Gasteiger partial charge in [-0.15, -0.1) is 0 Å². The topological polar surface area (TPSA) is 99.0 Å². The second-order valence-corrected chi connectivity index (χ2v) is 9.29. The van der Waals surface area contributed by atoms with Crippen molar-refractivity contribution in [1.29, 1.82) is 0 Å². The SMILES string of the molecule is Cc1cc(C)n(-c2cc(Oc3ccc(NS(=O)(=O)Cc4cccc(F)c4)cc3)nc(C)n2)n1. The summed E-state index contributed by atoms with van der Waals surface area (Å²) in [4.78, 5) is 8.73. The molecule has 4 aromatic rings. The number of halogens is 1. The molecule has 8 nitrogen and oxygen atoms in total. The van der Waals surface area contributed by atoms with Crippen LogP contribution >= 0.6 is 0 Å². The van der Waals surface area contributed by atoms with E-state index in [1.165, 1.54) is 18.2 Å². The average molecular weight is 468 g/mol. The Morgan fingerprint density at radius 1 is 1.00 bits per heavy atom. The number of hydrogen-bond donors (Lipinski definition) is 1. The van der Waals surface area contributed by atoms with Crippen LogP contribution in [0.4, 0.5) is 10.1 Å². The smallest absolute Gasteiger partial charge is 0.236 e. The van der Waals surface area contributed by atoms with E-state index in [-0.39, 0.29) is 5.75 Å². The average Bonchev–Trinajstić information content (AvgIpc) is 3.06. The summed E-state index contributed by atoms with van der Waals surface area (Å²) >= 11 is 0. The third-order valence-electron chi connectivity index (χ3n) is 4.62. The van der Waals surface area contributed by atoms with Gasteiger partial charge in [-0.3, -0.25) is 4.72 Å². The third-order valence-corrected chi connectivity index (χ3v) is 5.88. The number of aryl methyl sites for hydroxylation is 3. The molecule has 0 saturated heterocycles. The minimum Gasteiger partial charge on any atom is -0.439 e. The molecule has 0 atom stereocenters. The lowest BCUT2D eigenvalue weighted by Gasteiger charge is -2.11. The van der Waals surface area contributed by atoms with Crippen LogP contribution in [0, 0.1) is 26.6 Å². The highest BCUT2D eigenvalue weighted by molar-refractivity contribution is 7.91. The van der Waals surface area contributed by atoms with Crippen LogP contribution in [0.2, 0.25) is 0 Å². The summed E-state index contributed by atoms with van der Waals surface area (Å²) in [6, 6.07) is 15.5. The predicted octanol–water partition coefficient (Wildman–Crippen LogP) is 4.46. The van der Waals surface area contributed by atoms with Gasteiger partial charge in [0.2, 0.25) is 15.9 Å². The quantitative estimate of drug-likeness (QED) is 0.431. The first kappa shape index (κ1) is 22.4. The molecule has 0 aliphatic carbocycles. The molecular formula is C23H22FN5O3S. The molecule has 2 aromatic carbocycles. The Bertz CT molecular complexity index is 1400. The maximum atomic E-state index is 13.3. The maximum Gasteiger partial charge on any atom is 0.236 e. The Hall–Kier alpha value is -3.79. The molecular weight excluding hydrogens is 445 g/mol. The van der Waals surface area contributed by atoms with E-state index in [0.717, 1.165) is 11.4 Å². The van der Waals surface area contributed by atoms with Gasteiger partial charge in [0.05, 0.1) is 11.4 Å². The Kier molecular flexibility index (Phi) is 6.10. The summed E-state index contributed by atoms with van der Waals surface area (Å²) in [7, 11) is -3.71. The van der Waals surface area contributed by atoms with Crippen LogP contribution in [-0.2, 0) is 15.8 Å². The third kappa shape index (κ3) is 5.72. The largest absolute Gasteiger partial charge is 0.439 e. The molecule has 2 aromatic heterocycles. The van der Waals surface area contributed by atoms with Crippen molar-refractivity contribution < 1.29 is 17.5 Å². The second-order valence-electron chi connectivity index (χ2n) is 7.57. The zero-order chi connectivity index (χ0) is 23.6. The fourth-order valence-corrected chi connectivity index (χ4v) is 4.51. The van der Waals surface area contributed by atoms with Crippen LogP contribution in [0.15, 0.2) is 60.7 Å². The van der Waals surface area contributed by atoms with E-state index in [9.17, 15) is 12.8 Å². The summed E-state index contributed by atoms with van der Waals surface area (Å²) in [5.41, 5.74) is 2.54. The molecule has 0 radical (unpaired) electrons. The Balaban J connectivity index is 1.47. The van der Waals surface area contributed by atoms with Crippen molar-refractivity contribution in [3.8, 4) is 17.4 Å². The fraction of sp³-hybridized carbons (Fsp3) is 0.174. The van der Waals surface area contributed by atoms with Gasteiger partial charge in [0.25, 0.3) is 0 Å². The highest BCUT2D eigenvalue weighted by Crippen LogP contribution is 2.24. The molecule has 0 aliphatic heterocycles. The van der Waals surface area contributed by atoms with Crippen molar-refractivity contribution in [2.24, 2.45) is 0 Å². The first-order valence-electron chi connectivity index (χ1n) is 10.1. The number of nitrogens with zero attached hydrogens (tertiary/aromatic N) is 4. The van der Waals surface area contributed by atoms with Crippen molar-refractivity contribution in [3.05, 3.63) is 89.3 Å². The lowest BCUT2D eigenvalue weighted by molar-refractivity contribution is 0.459. The number of anilines is 1. The second kappa shape index (κ2) is 8.99. The monoisotopic (exact) mass is 467 g/mol. The van der Waals surface area contributed by atoms with E-state index >= 15 is 0 Å². The van der Waals surface area contributed by atoms with Gasteiger partial charge in [-0.05, 0) is 68.8 Å². The number of aromatic nitrogens is 4. The molecule has 4 rings (SSSR count). The lowest BCUT2D eigenvalue weighted by atomic mass is 10.2. The van der Waals surface area contributed by atoms with E-state index in [1.807, 2.05) is 19.9 Å².